The van der Waals surface area contributed by atoms with Crippen LogP contribution in [0.4, 0.5) is 11.4 Å². The Balaban J connectivity index is 2.55. The summed E-state index contributed by atoms with van der Waals surface area (Å²) in [6.07, 6.45) is 1.30. The number of hydrogen-bond donors (Lipinski definition) is 1. The fourth-order valence-corrected chi connectivity index (χ4v) is 1.84. The van der Waals surface area contributed by atoms with E-state index in [0.717, 1.165) is 17.7 Å². The number of halogens is 1. The van der Waals surface area contributed by atoms with E-state index in [0.29, 0.717) is 17.1 Å². The number of fused-ring (bicyclic) bond motifs is 1. The van der Waals surface area contributed by atoms with Crippen molar-refractivity contribution >= 4 is 28.9 Å². The summed E-state index contributed by atoms with van der Waals surface area (Å²) < 4.78 is 0. The Hall–Kier alpha value is -1.22. The zero-order chi connectivity index (χ0) is 10.3. The average molecular weight is 211 g/mol. The molecule has 1 amide bonds. The quantitative estimate of drug-likeness (QED) is 0.665. The van der Waals surface area contributed by atoms with Crippen LogP contribution >= 0.6 is 11.6 Å². The average Bonchev–Trinajstić information content (AvgIpc) is 2.15. The van der Waals surface area contributed by atoms with Gasteiger partial charge in [-0.15, -0.1) is 0 Å². The smallest absolute Gasteiger partial charge is 0.227 e. The number of hydrogen-bond acceptors (Lipinski definition) is 2. The lowest BCUT2D eigenvalue weighted by Gasteiger charge is -2.26. The molecule has 0 saturated heterocycles. The van der Waals surface area contributed by atoms with Gasteiger partial charge in [0.2, 0.25) is 5.91 Å². The van der Waals surface area contributed by atoms with Gasteiger partial charge in [0.15, 0.2) is 0 Å². The van der Waals surface area contributed by atoms with Crippen molar-refractivity contribution in [3.8, 4) is 0 Å². The van der Waals surface area contributed by atoms with Gasteiger partial charge >= 0.3 is 0 Å². The molecule has 2 N–H and O–H groups in total. The van der Waals surface area contributed by atoms with E-state index in [2.05, 4.69) is 0 Å². The molecule has 0 atom stereocenters. The normalized spacial score (nSPS) is 15.6. The van der Waals surface area contributed by atoms with Crippen molar-refractivity contribution in [1.82, 2.24) is 0 Å². The van der Waals surface area contributed by atoms with Crippen molar-refractivity contribution < 1.29 is 4.79 Å². The van der Waals surface area contributed by atoms with Gasteiger partial charge in [-0.3, -0.25) is 4.79 Å². The minimum absolute atomic E-state index is 0.123. The summed E-state index contributed by atoms with van der Waals surface area (Å²) >= 11 is 5.90. The molecule has 0 aromatic heterocycles. The Morgan fingerprint density at radius 1 is 1.43 bits per heavy atom. The predicted molar refractivity (Wildman–Crippen MR) is 57.6 cm³/mol. The number of nitrogens with zero attached hydrogens (tertiary/aromatic N) is 1. The van der Waals surface area contributed by atoms with Gasteiger partial charge in [0, 0.05) is 19.2 Å². The fourth-order valence-electron chi connectivity index (χ4n) is 1.68. The molecule has 0 fully saturated rings. The van der Waals surface area contributed by atoms with E-state index in [-0.39, 0.29) is 5.91 Å². The Kier molecular flexibility index (Phi) is 2.11. The van der Waals surface area contributed by atoms with Crippen LogP contribution in [0.5, 0.6) is 0 Å². The molecule has 1 aliphatic rings. The first-order valence-electron chi connectivity index (χ1n) is 4.44. The summed E-state index contributed by atoms with van der Waals surface area (Å²) in [4.78, 5) is 13.0. The highest BCUT2D eigenvalue weighted by Gasteiger charge is 2.21. The van der Waals surface area contributed by atoms with Gasteiger partial charge < -0.3 is 10.6 Å². The molecule has 0 unspecified atom stereocenters. The van der Waals surface area contributed by atoms with Gasteiger partial charge in [-0.2, -0.15) is 0 Å². The highest BCUT2D eigenvalue weighted by molar-refractivity contribution is 6.33. The highest BCUT2D eigenvalue weighted by atomic mass is 35.5. The summed E-state index contributed by atoms with van der Waals surface area (Å²) in [6, 6.07) is 3.60. The number of benzene rings is 1. The molecule has 0 spiro atoms. The number of carbonyl (C=O) groups excluding carboxylic acids is 1. The van der Waals surface area contributed by atoms with Gasteiger partial charge in [-0.05, 0) is 24.1 Å². The molecule has 3 nitrogen and oxygen atoms in total. The van der Waals surface area contributed by atoms with Gasteiger partial charge in [0.1, 0.15) is 0 Å². The minimum Gasteiger partial charge on any atom is -0.398 e. The Morgan fingerprint density at radius 3 is 2.86 bits per heavy atom. The van der Waals surface area contributed by atoms with E-state index in [1.54, 1.807) is 18.0 Å². The van der Waals surface area contributed by atoms with Crippen LogP contribution in [0.15, 0.2) is 12.1 Å². The molecule has 0 radical (unpaired) electrons. The van der Waals surface area contributed by atoms with E-state index in [1.807, 2.05) is 6.07 Å². The van der Waals surface area contributed by atoms with E-state index in [1.165, 1.54) is 0 Å². The molecule has 4 heteroatoms. The SMILES string of the molecule is CN1C(=O)CCc2cc(N)c(Cl)cc21. The number of carbonyl (C=O) groups is 1. The fraction of sp³-hybridized carbons (Fsp3) is 0.300. The van der Waals surface area contributed by atoms with Crippen LogP contribution in [0.1, 0.15) is 12.0 Å². The third kappa shape index (κ3) is 1.34. The van der Waals surface area contributed by atoms with Crippen molar-refractivity contribution in [2.75, 3.05) is 17.7 Å². The van der Waals surface area contributed by atoms with Crippen molar-refractivity contribution in [1.29, 1.82) is 0 Å². The van der Waals surface area contributed by atoms with Crippen LogP contribution in [0.25, 0.3) is 0 Å². The maximum atomic E-state index is 11.4. The van der Waals surface area contributed by atoms with Crippen LogP contribution in [0.3, 0.4) is 0 Å². The lowest BCUT2D eigenvalue weighted by atomic mass is 10.0. The molecule has 1 aliphatic heterocycles. The number of nitrogen functional groups attached to an aromatic ring is 1. The van der Waals surface area contributed by atoms with Crippen molar-refractivity contribution in [3.63, 3.8) is 0 Å². The molecule has 14 heavy (non-hydrogen) atoms. The third-order valence-corrected chi connectivity index (χ3v) is 2.87. The van der Waals surface area contributed by atoms with E-state index >= 15 is 0 Å². The molecule has 0 bridgehead atoms. The Bertz CT molecular complexity index is 403. The molecule has 74 valence electrons. The first-order valence-corrected chi connectivity index (χ1v) is 4.82. The Labute approximate surface area is 87.4 Å². The second kappa shape index (κ2) is 3.17. The molecular weight excluding hydrogens is 200 g/mol. The molecule has 1 heterocycles. The second-order valence-corrected chi connectivity index (χ2v) is 3.86. The van der Waals surface area contributed by atoms with Crippen LogP contribution < -0.4 is 10.6 Å². The van der Waals surface area contributed by atoms with Gasteiger partial charge in [-0.1, -0.05) is 11.6 Å². The van der Waals surface area contributed by atoms with E-state index in [4.69, 9.17) is 17.3 Å². The summed E-state index contributed by atoms with van der Waals surface area (Å²) in [5, 5.41) is 0.505. The lowest BCUT2D eigenvalue weighted by molar-refractivity contribution is -0.118. The van der Waals surface area contributed by atoms with E-state index < -0.39 is 0 Å². The third-order valence-electron chi connectivity index (χ3n) is 2.54. The molecule has 1 aromatic rings. The number of aryl methyl sites for hydroxylation is 1. The maximum Gasteiger partial charge on any atom is 0.227 e. The zero-order valence-electron chi connectivity index (χ0n) is 7.88. The topological polar surface area (TPSA) is 46.3 Å². The minimum atomic E-state index is 0.123. The number of anilines is 2. The second-order valence-electron chi connectivity index (χ2n) is 3.46. The van der Waals surface area contributed by atoms with Crippen LogP contribution in [0.2, 0.25) is 5.02 Å². The first kappa shape index (κ1) is 9.34. The van der Waals surface area contributed by atoms with Crippen LogP contribution in [0, 0.1) is 0 Å². The monoisotopic (exact) mass is 210 g/mol. The van der Waals surface area contributed by atoms with E-state index in [9.17, 15) is 4.79 Å². The molecular formula is C10H11ClN2O. The van der Waals surface area contributed by atoms with Crippen LogP contribution in [-0.2, 0) is 11.2 Å². The van der Waals surface area contributed by atoms with Crippen molar-refractivity contribution in [2.24, 2.45) is 0 Å². The van der Waals surface area contributed by atoms with Gasteiger partial charge in [0.05, 0.1) is 10.7 Å². The molecule has 2 rings (SSSR count). The zero-order valence-corrected chi connectivity index (χ0v) is 8.64. The summed E-state index contributed by atoms with van der Waals surface area (Å²) in [5.41, 5.74) is 8.23. The first-order chi connectivity index (χ1) is 6.59. The van der Waals surface area contributed by atoms with Gasteiger partial charge in [-0.25, -0.2) is 0 Å². The summed E-state index contributed by atoms with van der Waals surface area (Å²) in [5.74, 6) is 0.123. The molecule has 1 aromatic carbocycles. The largest absolute Gasteiger partial charge is 0.398 e. The molecule has 0 saturated carbocycles. The molecule has 0 aliphatic carbocycles. The summed E-state index contributed by atoms with van der Waals surface area (Å²) in [7, 11) is 1.76. The Morgan fingerprint density at radius 2 is 2.14 bits per heavy atom. The predicted octanol–water partition coefficient (Wildman–Crippen LogP) is 1.83. The number of amides is 1. The maximum absolute atomic E-state index is 11.4. The summed E-state index contributed by atoms with van der Waals surface area (Å²) in [6.45, 7) is 0. The number of nitrogens with two attached hydrogens (primary N) is 1. The lowest BCUT2D eigenvalue weighted by Crippen LogP contribution is -2.31. The number of rotatable bonds is 0. The van der Waals surface area contributed by atoms with Crippen LogP contribution in [-0.4, -0.2) is 13.0 Å². The van der Waals surface area contributed by atoms with Crippen molar-refractivity contribution in [3.05, 3.63) is 22.7 Å². The van der Waals surface area contributed by atoms with Gasteiger partial charge in [0.25, 0.3) is 0 Å². The standard InChI is InChI=1S/C10H11ClN2O/c1-13-9-5-7(11)8(12)4-6(9)2-3-10(13)14/h4-5H,2-3,12H2,1H3. The highest BCUT2D eigenvalue weighted by Crippen LogP contribution is 2.33. The van der Waals surface area contributed by atoms with Crippen molar-refractivity contribution in [2.45, 2.75) is 12.8 Å².